The predicted molar refractivity (Wildman–Crippen MR) is 59.4 cm³/mol. The summed E-state index contributed by atoms with van der Waals surface area (Å²) in [7, 11) is 1.76. The molecule has 0 unspecified atom stereocenters. The number of nitrogens with zero attached hydrogens (tertiary/aromatic N) is 1. The van der Waals surface area contributed by atoms with Crippen molar-refractivity contribution in [1.29, 1.82) is 5.26 Å². The fraction of sp³-hybridized carbons (Fsp3) is 0.875. The van der Waals surface area contributed by atoms with E-state index in [4.69, 9.17) is 10.00 Å². The highest BCUT2D eigenvalue weighted by molar-refractivity contribution is 14.1. The van der Waals surface area contributed by atoms with Crippen LogP contribution in [0, 0.1) is 10.7 Å². The lowest BCUT2D eigenvalue weighted by Gasteiger charge is -2.31. The van der Waals surface area contributed by atoms with Crippen molar-refractivity contribution in [3.05, 3.63) is 0 Å². The van der Waals surface area contributed by atoms with Crippen LogP contribution in [0.5, 0.6) is 0 Å². The molecule has 0 bridgehead atoms. The molecule has 68 valence electrons. The number of thiocyanates is 1. The van der Waals surface area contributed by atoms with Gasteiger partial charge >= 0.3 is 0 Å². The smallest absolute Gasteiger partial charge is 0.133 e. The van der Waals surface area contributed by atoms with Gasteiger partial charge in [0.1, 0.15) is 5.40 Å². The summed E-state index contributed by atoms with van der Waals surface area (Å²) >= 11 is 3.80. The first-order valence-electron chi connectivity index (χ1n) is 4.01. The standard InChI is InChI=1S/C8H12INOS/c1-11-6-3-2-4-7(8(6)9)12-5-10/h6-8H,2-4H2,1H3/t6-,7-,8-/m1/s1. The zero-order valence-electron chi connectivity index (χ0n) is 7.00. The molecule has 12 heavy (non-hydrogen) atoms. The summed E-state index contributed by atoms with van der Waals surface area (Å²) in [5.41, 5.74) is 0. The summed E-state index contributed by atoms with van der Waals surface area (Å²) in [6, 6.07) is 0. The molecule has 0 radical (unpaired) electrons. The largest absolute Gasteiger partial charge is 0.380 e. The molecule has 1 aliphatic rings. The minimum absolute atomic E-state index is 0.352. The van der Waals surface area contributed by atoms with Crippen LogP contribution in [-0.4, -0.2) is 22.4 Å². The molecule has 0 aromatic rings. The molecular formula is C8H12INOS. The minimum Gasteiger partial charge on any atom is -0.380 e. The number of ether oxygens (including phenoxy) is 1. The van der Waals surface area contributed by atoms with Gasteiger partial charge in [0.05, 0.1) is 10.0 Å². The molecule has 0 aliphatic heterocycles. The molecular weight excluding hydrogens is 285 g/mol. The van der Waals surface area contributed by atoms with Crippen molar-refractivity contribution >= 4 is 34.4 Å². The molecule has 0 heterocycles. The summed E-state index contributed by atoms with van der Waals surface area (Å²) in [4.78, 5) is 0. The maximum absolute atomic E-state index is 8.56. The normalized spacial score (nSPS) is 35.9. The average molecular weight is 297 g/mol. The van der Waals surface area contributed by atoms with Crippen LogP contribution >= 0.6 is 34.4 Å². The predicted octanol–water partition coefficient (Wildman–Crippen LogP) is 2.57. The molecule has 1 aliphatic carbocycles. The van der Waals surface area contributed by atoms with E-state index in [0.29, 0.717) is 15.3 Å². The summed E-state index contributed by atoms with van der Waals surface area (Å²) in [5.74, 6) is 0. The minimum atomic E-state index is 0.352. The molecule has 1 rings (SSSR count). The number of hydrogen-bond donors (Lipinski definition) is 0. The van der Waals surface area contributed by atoms with Crippen LogP contribution in [0.4, 0.5) is 0 Å². The van der Waals surface area contributed by atoms with Gasteiger partial charge in [-0.15, -0.1) is 0 Å². The average Bonchev–Trinajstić information content (AvgIpc) is 2.09. The molecule has 0 saturated heterocycles. The van der Waals surface area contributed by atoms with E-state index in [1.165, 1.54) is 18.2 Å². The molecule has 0 spiro atoms. The third-order valence-corrected chi connectivity index (χ3v) is 5.29. The number of rotatable bonds is 2. The van der Waals surface area contributed by atoms with Gasteiger partial charge < -0.3 is 4.74 Å². The Hall–Kier alpha value is 0.530. The second-order valence-corrected chi connectivity index (χ2v) is 5.36. The molecule has 4 heteroatoms. The van der Waals surface area contributed by atoms with Crippen LogP contribution in [0.15, 0.2) is 0 Å². The van der Waals surface area contributed by atoms with Gasteiger partial charge in [-0.25, -0.2) is 0 Å². The second-order valence-electron chi connectivity index (χ2n) is 2.90. The molecule has 0 N–H and O–H groups in total. The van der Waals surface area contributed by atoms with Crippen molar-refractivity contribution in [2.75, 3.05) is 7.11 Å². The van der Waals surface area contributed by atoms with E-state index < -0.39 is 0 Å². The maximum Gasteiger partial charge on any atom is 0.133 e. The first-order valence-corrected chi connectivity index (χ1v) is 6.13. The number of alkyl halides is 1. The lowest BCUT2D eigenvalue weighted by Crippen LogP contribution is -2.35. The Morgan fingerprint density at radius 1 is 1.58 bits per heavy atom. The Labute approximate surface area is 91.2 Å². The van der Waals surface area contributed by atoms with Crippen LogP contribution < -0.4 is 0 Å². The highest BCUT2D eigenvalue weighted by Gasteiger charge is 2.31. The molecule has 1 fully saturated rings. The summed E-state index contributed by atoms with van der Waals surface area (Å²) in [6.45, 7) is 0. The van der Waals surface area contributed by atoms with Gasteiger partial charge in [0.2, 0.25) is 0 Å². The number of halogens is 1. The lowest BCUT2D eigenvalue weighted by atomic mass is 9.97. The quantitative estimate of drug-likeness (QED) is 0.446. The third-order valence-electron chi connectivity index (χ3n) is 2.19. The van der Waals surface area contributed by atoms with Gasteiger partial charge in [-0.05, 0) is 31.0 Å². The van der Waals surface area contributed by atoms with Gasteiger partial charge in [0, 0.05) is 12.4 Å². The lowest BCUT2D eigenvalue weighted by molar-refractivity contribution is 0.0823. The Morgan fingerprint density at radius 2 is 2.33 bits per heavy atom. The molecule has 1 saturated carbocycles. The van der Waals surface area contributed by atoms with Crippen molar-refractivity contribution in [3.8, 4) is 5.40 Å². The first kappa shape index (κ1) is 10.6. The van der Waals surface area contributed by atoms with Gasteiger partial charge in [0.15, 0.2) is 0 Å². The zero-order valence-corrected chi connectivity index (χ0v) is 9.97. The Balaban J connectivity index is 2.48. The zero-order chi connectivity index (χ0) is 8.97. The number of hydrogen-bond acceptors (Lipinski definition) is 3. The SMILES string of the molecule is CO[C@@H]1CCC[C@@H](SC#N)[C@@H]1I. The summed E-state index contributed by atoms with van der Waals surface area (Å²) < 4.78 is 5.84. The van der Waals surface area contributed by atoms with E-state index in [-0.39, 0.29) is 0 Å². The highest BCUT2D eigenvalue weighted by atomic mass is 127. The topological polar surface area (TPSA) is 33.0 Å². The molecule has 0 aromatic heterocycles. The molecule has 0 amide bonds. The monoisotopic (exact) mass is 297 g/mol. The summed E-state index contributed by atoms with van der Waals surface area (Å²) in [6.07, 6.45) is 3.85. The van der Waals surface area contributed by atoms with Crippen LogP contribution in [0.2, 0.25) is 0 Å². The molecule has 2 nitrogen and oxygen atoms in total. The van der Waals surface area contributed by atoms with Crippen LogP contribution in [0.3, 0.4) is 0 Å². The maximum atomic E-state index is 8.56. The van der Waals surface area contributed by atoms with Gasteiger partial charge in [-0.1, -0.05) is 22.6 Å². The fourth-order valence-corrected chi connectivity index (χ4v) is 3.70. The Bertz CT molecular complexity index is 182. The number of methoxy groups -OCH3 is 1. The van der Waals surface area contributed by atoms with Crippen molar-refractivity contribution in [2.24, 2.45) is 0 Å². The van der Waals surface area contributed by atoms with Crippen LogP contribution in [-0.2, 0) is 4.74 Å². The first-order chi connectivity index (χ1) is 5.79. The second kappa shape index (κ2) is 5.30. The van der Waals surface area contributed by atoms with Gasteiger partial charge in [-0.3, -0.25) is 0 Å². The van der Waals surface area contributed by atoms with Gasteiger partial charge in [0.25, 0.3) is 0 Å². The Kier molecular flexibility index (Phi) is 4.69. The van der Waals surface area contributed by atoms with Crippen molar-refractivity contribution < 1.29 is 4.74 Å². The molecule has 3 atom stereocenters. The van der Waals surface area contributed by atoms with Gasteiger partial charge in [-0.2, -0.15) is 5.26 Å². The molecule has 0 aromatic carbocycles. The van der Waals surface area contributed by atoms with Crippen LogP contribution in [0.25, 0.3) is 0 Å². The van der Waals surface area contributed by atoms with E-state index in [1.807, 2.05) is 0 Å². The van der Waals surface area contributed by atoms with Crippen LogP contribution in [0.1, 0.15) is 19.3 Å². The van der Waals surface area contributed by atoms with E-state index in [2.05, 4.69) is 28.0 Å². The van der Waals surface area contributed by atoms with E-state index in [1.54, 1.807) is 7.11 Å². The van der Waals surface area contributed by atoms with E-state index in [9.17, 15) is 0 Å². The number of thioether (sulfide) groups is 1. The fourth-order valence-electron chi connectivity index (χ4n) is 1.52. The van der Waals surface area contributed by atoms with Crippen molar-refractivity contribution in [2.45, 2.75) is 34.5 Å². The number of nitriles is 1. The van der Waals surface area contributed by atoms with Crippen molar-refractivity contribution in [3.63, 3.8) is 0 Å². The third kappa shape index (κ3) is 2.51. The van der Waals surface area contributed by atoms with E-state index >= 15 is 0 Å². The van der Waals surface area contributed by atoms with Crippen molar-refractivity contribution in [1.82, 2.24) is 0 Å². The highest BCUT2D eigenvalue weighted by Crippen LogP contribution is 2.34. The van der Waals surface area contributed by atoms with E-state index in [0.717, 1.165) is 12.8 Å². The summed E-state index contributed by atoms with van der Waals surface area (Å²) in [5, 5.41) is 11.2. The Morgan fingerprint density at radius 3 is 2.92 bits per heavy atom.